The highest BCUT2D eigenvalue weighted by atomic mass is 32.2. The van der Waals surface area contributed by atoms with Crippen LogP contribution < -0.4 is 5.14 Å². The van der Waals surface area contributed by atoms with Gasteiger partial charge in [-0.25, -0.2) is 13.6 Å². The third-order valence-corrected chi connectivity index (χ3v) is 4.57. The Labute approximate surface area is 91.9 Å². The summed E-state index contributed by atoms with van der Waals surface area (Å²) in [5.41, 5.74) is 0.960. The van der Waals surface area contributed by atoms with E-state index in [0.29, 0.717) is 0 Å². The van der Waals surface area contributed by atoms with Crippen molar-refractivity contribution in [2.24, 2.45) is 5.14 Å². The molecule has 0 fully saturated rings. The topological polar surface area (TPSA) is 60.2 Å². The zero-order valence-corrected chi connectivity index (χ0v) is 9.44. The molecule has 0 saturated heterocycles. The van der Waals surface area contributed by atoms with Crippen LogP contribution in [0.25, 0.3) is 16.2 Å². The summed E-state index contributed by atoms with van der Waals surface area (Å²) in [6.07, 6.45) is 1.72. The average molecular weight is 239 g/mol. The summed E-state index contributed by atoms with van der Waals surface area (Å²) in [5.74, 6) is 0. The fourth-order valence-electron chi connectivity index (χ4n) is 1.30. The number of fused-ring (bicyclic) bond motifs is 1. The Morgan fingerprint density at radius 3 is 2.67 bits per heavy atom. The van der Waals surface area contributed by atoms with Crippen molar-refractivity contribution in [3.8, 4) is 0 Å². The van der Waals surface area contributed by atoms with E-state index in [9.17, 15) is 8.42 Å². The van der Waals surface area contributed by atoms with Gasteiger partial charge in [0.15, 0.2) is 0 Å². The maximum absolute atomic E-state index is 11.1. The van der Waals surface area contributed by atoms with Crippen molar-refractivity contribution in [1.29, 1.82) is 0 Å². The van der Waals surface area contributed by atoms with E-state index in [1.165, 1.54) is 11.3 Å². The molecule has 1 heterocycles. The first kappa shape index (κ1) is 10.4. The van der Waals surface area contributed by atoms with Gasteiger partial charge in [-0.15, -0.1) is 11.3 Å². The summed E-state index contributed by atoms with van der Waals surface area (Å²) >= 11 is 1.18. The van der Waals surface area contributed by atoms with Gasteiger partial charge in [-0.3, -0.25) is 0 Å². The molecule has 0 aliphatic heterocycles. The molecule has 0 amide bonds. The summed E-state index contributed by atoms with van der Waals surface area (Å²) in [5, 5.41) is 5.93. The molecule has 1 aromatic heterocycles. The van der Waals surface area contributed by atoms with Crippen LogP contribution in [-0.4, -0.2) is 8.42 Å². The normalized spacial score (nSPS) is 11.8. The SMILES string of the molecule is C=Cc1ccc2sc(S(N)(=O)=O)cc2c1. The molecule has 5 heteroatoms. The number of sulfonamides is 1. The van der Waals surface area contributed by atoms with E-state index in [4.69, 9.17) is 5.14 Å². The lowest BCUT2D eigenvalue weighted by molar-refractivity contribution is 0.600. The van der Waals surface area contributed by atoms with E-state index in [-0.39, 0.29) is 4.21 Å². The van der Waals surface area contributed by atoms with Gasteiger partial charge in [0.2, 0.25) is 10.0 Å². The van der Waals surface area contributed by atoms with Crippen molar-refractivity contribution >= 4 is 37.5 Å². The van der Waals surface area contributed by atoms with Crippen LogP contribution in [0.1, 0.15) is 5.56 Å². The maximum Gasteiger partial charge on any atom is 0.247 e. The minimum Gasteiger partial charge on any atom is -0.224 e. The molecule has 0 aliphatic rings. The Morgan fingerprint density at radius 2 is 2.07 bits per heavy atom. The Morgan fingerprint density at radius 1 is 1.33 bits per heavy atom. The van der Waals surface area contributed by atoms with Crippen LogP contribution >= 0.6 is 11.3 Å². The van der Waals surface area contributed by atoms with Gasteiger partial charge in [0.1, 0.15) is 4.21 Å². The molecule has 2 aromatic rings. The number of benzene rings is 1. The molecule has 0 bridgehead atoms. The highest BCUT2D eigenvalue weighted by molar-refractivity contribution is 7.91. The first-order chi connectivity index (χ1) is 7.00. The number of nitrogens with two attached hydrogens (primary N) is 1. The van der Waals surface area contributed by atoms with Crippen LogP contribution in [0, 0.1) is 0 Å². The van der Waals surface area contributed by atoms with Gasteiger partial charge >= 0.3 is 0 Å². The highest BCUT2D eigenvalue weighted by Gasteiger charge is 2.11. The van der Waals surface area contributed by atoms with Gasteiger partial charge in [-0.05, 0) is 29.1 Å². The summed E-state index contributed by atoms with van der Waals surface area (Å²) < 4.78 is 23.4. The molecular formula is C10H9NO2S2. The number of primary sulfonamides is 1. The Kier molecular flexibility index (Phi) is 2.38. The maximum atomic E-state index is 11.1. The predicted octanol–water partition coefficient (Wildman–Crippen LogP) is 2.19. The van der Waals surface area contributed by atoms with Crippen molar-refractivity contribution in [3.05, 3.63) is 36.4 Å². The summed E-state index contributed by atoms with van der Waals surface area (Å²) in [6, 6.07) is 7.22. The molecule has 0 saturated carbocycles. The van der Waals surface area contributed by atoms with Gasteiger partial charge in [0.25, 0.3) is 0 Å². The molecular weight excluding hydrogens is 230 g/mol. The number of hydrogen-bond acceptors (Lipinski definition) is 3. The number of rotatable bonds is 2. The van der Waals surface area contributed by atoms with E-state index in [1.54, 1.807) is 12.1 Å². The van der Waals surface area contributed by atoms with Crippen LogP contribution in [0.15, 0.2) is 35.1 Å². The summed E-state index contributed by atoms with van der Waals surface area (Å²) in [7, 11) is -3.59. The standard InChI is InChI=1S/C10H9NO2S2/c1-2-7-3-4-9-8(5-7)6-10(14-9)15(11,12)13/h2-6H,1H2,(H2,11,12,13). The Bertz CT molecular complexity index is 626. The molecule has 78 valence electrons. The fraction of sp³-hybridized carbons (Fsp3) is 0. The quantitative estimate of drug-likeness (QED) is 0.873. The lowest BCUT2D eigenvalue weighted by atomic mass is 10.2. The zero-order chi connectivity index (χ0) is 11.1. The lowest BCUT2D eigenvalue weighted by Crippen LogP contribution is -2.09. The molecule has 2 rings (SSSR count). The van der Waals surface area contributed by atoms with Crippen LogP contribution in [-0.2, 0) is 10.0 Å². The third-order valence-electron chi connectivity index (χ3n) is 2.03. The predicted molar refractivity (Wildman–Crippen MR) is 63.3 cm³/mol. The molecule has 3 nitrogen and oxygen atoms in total. The van der Waals surface area contributed by atoms with E-state index in [1.807, 2.05) is 18.2 Å². The molecule has 1 aromatic carbocycles. The van der Waals surface area contributed by atoms with Gasteiger partial charge in [0, 0.05) is 4.70 Å². The van der Waals surface area contributed by atoms with Crippen molar-refractivity contribution < 1.29 is 8.42 Å². The van der Waals surface area contributed by atoms with Crippen LogP contribution in [0.2, 0.25) is 0 Å². The Hall–Kier alpha value is -1.17. The van der Waals surface area contributed by atoms with Crippen molar-refractivity contribution in [3.63, 3.8) is 0 Å². The smallest absolute Gasteiger partial charge is 0.224 e. The summed E-state index contributed by atoms with van der Waals surface area (Å²) in [6.45, 7) is 3.65. The monoisotopic (exact) mass is 239 g/mol. The van der Waals surface area contributed by atoms with Crippen molar-refractivity contribution in [2.75, 3.05) is 0 Å². The van der Waals surface area contributed by atoms with E-state index in [0.717, 1.165) is 15.6 Å². The van der Waals surface area contributed by atoms with Gasteiger partial charge in [-0.2, -0.15) is 0 Å². The second kappa shape index (κ2) is 3.44. The van der Waals surface area contributed by atoms with E-state index in [2.05, 4.69) is 6.58 Å². The first-order valence-electron chi connectivity index (χ1n) is 4.19. The second-order valence-electron chi connectivity index (χ2n) is 3.11. The fourth-order valence-corrected chi connectivity index (χ4v) is 3.10. The average Bonchev–Trinajstić information content (AvgIpc) is 2.59. The van der Waals surface area contributed by atoms with Crippen molar-refractivity contribution in [1.82, 2.24) is 0 Å². The van der Waals surface area contributed by atoms with Crippen LogP contribution in [0.5, 0.6) is 0 Å². The largest absolute Gasteiger partial charge is 0.247 e. The minimum absolute atomic E-state index is 0.193. The number of hydrogen-bond donors (Lipinski definition) is 1. The third kappa shape index (κ3) is 1.94. The summed E-state index contributed by atoms with van der Waals surface area (Å²) in [4.78, 5) is 0. The van der Waals surface area contributed by atoms with E-state index >= 15 is 0 Å². The zero-order valence-electron chi connectivity index (χ0n) is 7.80. The van der Waals surface area contributed by atoms with E-state index < -0.39 is 10.0 Å². The second-order valence-corrected chi connectivity index (χ2v) is 5.98. The molecule has 0 radical (unpaired) electrons. The van der Waals surface area contributed by atoms with Gasteiger partial charge < -0.3 is 0 Å². The molecule has 0 aliphatic carbocycles. The van der Waals surface area contributed by atoms with Gasteiger partial charge in [0.05, 0.1) is 0 Å². The molecule has 2 N–H and O–H groups in total. The first-order valence-corrected chi connectivity index (χ1v) is 6.56. The van der Waals surface area contributed by atoms with Crippen LogP contribution in [0.3, 0.4) is 0 Å². The van der Waals surface area contributed by atoms with Crippen LogP contribution in [0.4, 0.5) is 0 Å². The molecule has 0 atom stereocenters. The highest BCUT2D eigenvalue weighted by Crippen LogP contribution is 2.29. The Balaban J connectivity index is 2.71. The number of thiophene rings is 1. The molecule has 15 heavy (non-hydrogen) atoms. The lowest BCUT2D eigenvalue weighted by Gasteiger charge is -1.91. The molecule has 0 unspecified atom stereocenters. The van der Waals surface area contributed by atoms with Crippen molar-refractivity contribution in [2.45, 2.75) is 4.21 Å². The molecule has 0 spiro atoms. The minimum atomic E-state index is -3.59. The van der Waals surface area contributed by atoms with Gasteiger partial charge in [-0.1, -0.05) is 18.7 Å².